The molecule has 0 bridgehead atoms. The molecule has 0 aromatic rings. The van der Waals surface area contributed by atoms with Crippen molar-refractivity contribution >= 4 is 6.47 Å². The van der Waals surface area contributed by atoms with Gasteiger partial charge in [0.15, 0.2) is 0 Å². The molecule has 1 rings (SSSR count). The lowest BCUT2D eigenvalue weighted by Gasteiger charge is -1.98. The molecule has 1 heterocycles. The van der Waals surface area contributed by atoms with E-state index in [1.165, 1.54) is 0 Å². The molecule has 0 spiro atoms. The van der Waals surface area contributed by atoms with Crippen molar-refractivity contribution < 1.29 is 9.53 Å². The van der Waals surface area contributed by atoms with Crippen LogP contribution in [-0.4, -0.2) is 17.9 Å². The normalized spacial score (nSPS) is 15.6. The van der Waals surface area contributed by atoms with Crippen LogP contribution in [0.2, 0.25) is 0 Å². The zero-order chi connectivity index (χ0) is 7.56. The maximum absolute atomic E-state index is 9.90. The van der Waals surface area contributed by atoms with Crippen LogP contribution in [0.5, 0.6) is 0 Å². The van der Waals surface area contributed by atoms with Crippen LogP contribution in [0.25, 0.3) is 0 Å². The Morgan fingerprint density at radius 3 is 2.60 bits per heavy atom. The fraction of sp³-hybridized carbons (Fsp3) is 0.571. The standard InChI is InChI=1S/C7H11NO2/c1-3-6-7(10-5-9)8(6)4-2/h5H,3-4H2,1-2H3. The number of hydrogen-bond donors (Lipinski definition) is 0. The summed E-state index contributed by atoms with van der Waals surface area (Å²) >= 11 is 0. The average Bonchev–Trinajstić information content (AvgIpc) is 2.62. The van der Waals surface area contributed by atoms with Gasteiger partial charge in [-0.15, -0.1) is 0 Å². The second kappa shape index (κ2) is 2.73. The molecule has 0 unspecified atom stereocenters. The van der Waals surface area contributed by atoms with Gasteiger partial charge in [-0.1, -0.05) is 6.92 Å². The van der Waals surface area contributed by atoms with Gasteiger partial charge in [-0.2, -0.15) is 0 Å². The van der Waals surface area contributed by atoms with Crippen LogP contribution >= 0.6 is 0 Å². The predicted octanol–water partition coefficient (Wildman–Crippen LogP) is 1.07. The number of rotatable bonds is 4. The SMILES string of the molecule is CCC1=C(OC=O)N1CC. The summed E-state index contributed by atoms with van der Waals surface area (Å²) in [7, 11) is 0. The molecule has 1 aliphatic heterocycles. The number of allylic oxidation sites excluding steroid dienone is 1. The van der Waals surface area contributed by atoms with Gasteiger partial charge in [0, 0.05) is 6.54 Å². The molecule has 0 saturated heterocycles. The van der Waals surface area contributed by atoms with Crippen molar-refractivity contribution in [3.63, 3.8) is 0 Å². The fourth-order valence-electron chi connectivity index (χ4n) is 1.07. The summed E-state index contributed by atoms with van der Waals surface area (Å²) in [5, 5.41) is 0. The molecule has 0 aliphatic carbocycles. The Hall–Kier alpha value is -0.990. The highest BCUT2D eigenvalue weighted by Gasteiger charge is 2.32. The molecule has 3 heteroatoms. The minimum atomic E-state index is 0.473. The molecule has 0 amide bonds. The van der Waals surface area contributed by atoms with E-state index in [4.69, 9.17) is 0 Å². The van der Waals surface area contributed by atoms with Crippen LogP contribution in [0.3, 0.4) is 0 Å². The first-order valence-electron chi connectivity index (χ1n) is 3.46. The van der Waals surface area contributed by atoms with Crippen molar-refractivity contribution in [2.75, 3.05) is 6.54 Å². The van der Waals surface area contributed by atoms with E-state index in [9.17, 15) is 4.79 Å². The maximum Gasteiger partial charge on any atom is 0.299 e. The Kier molecular flexibility index (Phi) is 1.94. The molecule has 56 valence electrons. The van der Waals surface area contributed by atoms with Gasteiger partial charge in [0.05, 0.1) is 5.70 Å². The Morgan fingerprint density at radius 2 is 2.30 bits per heavy atom. The summed E-state index contributed by atoms with van der Waals surface area (Å²) in [5.74, 6) is 0.750. The summed E-state index contributed by atoms with van der Waals surface area (Å²) < 4.78 is 4.68. The minimum absolute atomic E-state index is 0.473. The van der Waals surface area contributed by atoms with Gasteiger partial charge in [-0.3, -0.25) is 4.79 Å². The first kappa shape index (κ1) is 7.12. The van der Waals surface area contributed by atoms with E-state index in [1.54, 1.807) is 0 Å². The third kappa shape index (κ3) is 0.988. The quantitative estimate of drug-likeness (QED) is 0.548. The summed E-state index contributed by atoms with van der Waals surface area (Å²) in [6.07, 6.45) is 0.941. The highest BCUT2D eigenvalue weighted by atomic mass is 16.5. The summed E-state index contributed by atoms with van der Waals surface area (Å²) in [5.41, 5.74) is 1.15. The highest BCUT2D eigenvalue weighted by Crippen LogP contribution is 2.33. The van der Waals surface area contributed by atoms with Crippen molar-refractivity contribution in [3.05, 3.63) is 11.6 Å². The zero-order valence-corrected chi connectivity index (χ0v) is 6.26. The Bertz CT molecular complexity index is 174. The van der Waals surface area contributed by atoms with Gasteiger partial charge in [-0.25, -0.2) is 0 Å². The van der Waals surface area contributed by atoms with E-state index < -0.39 is 0 Å². The van der Waals surface area contributed by atoms with Crippen molar-refractivity contribution in [1.82, 2.24) is 4.90 Å². The third-order valence-electron chi connectivity index (χ3n) is 1.58. The molecule has 0 fully saturated rings. The second-order valence-corrected chi connectivity index (χ2v) is 2.06. The lowest BCUT2D eigenvalue weighted by molar-refractivity contribution is -0.125. The fourth-order valence-corrected chi connectivity index (χ4v) is 1.07. The van der Waals surface area contributed by atoms with E-state index in [0.29, 0.717) is 6.47 Å². The number of nitrogens with zero attached hydrogens (tertiary/aromatic N) is 1. The van der Waals surface area contributed by atoms with Crippen molar-refractivity contribution in [3.8, 4) is 0 Å². The topological polar surface area (TPSA) is 29.3 Å². The smallest absolute Gasteiger partial charge is 0.299 e. The average molecular weight is 141 g/mol. The molecule has 0 aromatic heterocycles. The van der Waals surface area contributed by atoms with Gasteiger partial charge in [-0.05, 0) is 13.3 Å². The molecule has 0 saturated carbocycles. The van der Waals surface area contributed by atoms with E-state index in [2.05, 4.69) is 4.74 Å². The number of hydrogen-bond acceptors (Lipinski definition) is 3. The lowest BCUT2D eigenvalue weighted by atomic mass is 10.4. The molecule has 0 atom stereocenters. The van der Waals surface area contributed by atoms with Crippen molar-refractivity contribution in [1.29, 1.82) is 0 Å². The van der Waals surface area contributed by atoms with E-state index in [-0.39, 0.29) is 0 Å². The van der Waals surface area contributed by atoms with Gasteiger partial charge in [0.1, 0.15) is 0 Å². The predicted molar refractivity (Wildman–Crippen MR) is 36.8 cm³/mol. The summed E-state index contributed by atoms with van der Waals surface area (Å²) in [6, 6.07) is 0. The highest BCUT2D eigenvalue weighted by molar-refractivity contribution is 5.44. The van der Waals surface area contributed by atoms with E-state index in [1.807, 2.05) is 18.7 Å². The summed E-state index contributed by atoms with van der Waals surface area (Å²) in [6.45, 7) is 5.43. The molecule has 0 aromatic carbocycles. The first-order valence-corrected chi connectivity index (χ1v) is 3.46. The number of carbonyl (C=O) groups excluding carboxylic acids is 1. The van der Waals surface area contributed by atoms with Crippen LogP contribution in [-0.2, 0) is 9.53 Å². The Morgan fingerprint density at radius 1 is 1.60 bits per heavy atom. The molecular formula is C7H11NO2. The van der Waals surface area contributed by atoms with Gasteiger partial charge < -0.3 is 9.64 Å². The third-order valence-corrected chi connectivity index (χ3v) is 1.58. The molecule has 0 radical (unpaired) electrons. The lowest BCUT2D eigenvalue weighted by Crippen LogP contribution is -2.00. The molecular weight excluding hydrogens is 130 g/mol. The number of ether oxygens (including phenoxy) is 1. The van der Waals surface area contributed by atoms with Crippen molar-refractivity contribution in [2.45, 2.75) is 20.3 Å². The maximum atomic E-state index is 9.90. The van der Waals surface area contributed by atoms with Crippen LogP contribution in [0.15, 0.2) is 11.6 Å². The van der Waals surface area contributed by atoms with Crippen LogP contribution in [0, 0.1) is 0 Å². The minimum Gasteiger partial charge on any atom is -0.410 e. The Labute approximate surface area is 60.3 Å². The van der Waals surface area contributed by atoms with E-state index >= 15 is 0 Å². The van der Waals surface area contributed by atoms with Gasteiger partial charge in [0.25, 0.3) is 6.47 Å². The summed E-state index contributed by atoms with van der Waals surface area (Å²) in [4.78, 5) is 11.9. The van der Waals surface area contributed by atoms with Crippen LogP contribution in [0.4, 0.5) is 0 Å². The molecule has 3 nitrogen and oxygen atoms in total. The molecule has 10 heavy (non-hydrogen) atoms. The number of carbonyl (C=O) groups is 1. The molecule has 1 aliphatic rings. The zero-order valence-electron chi connectivity index (χ0n) is 6.26. The Balaban J connectivity index is 2.42. The van der Waals surface area contributed by atoms with E-state index in [0.717, 1.165) is 24.5 Å². The van der Waals surface area contributed by atoms with Gasteiger partial charge >= 0.3 is 0 Å². The van der Waals surface area contributed by atoms with Crippen LogP contribution < -0.4 is 0 Å². The second-order valence-electron chi connectivity index (χ2n) is 2.06. The van der Waals surface area contributed by atoms with Crippen LogP contribution in [0.1, 0.15) is 20.3 Å². The molecule has 0 N–H and O–H groups in total. The monoisotopic (exact) mass is 141 g/mol. The first-order chi connectivity index (χ1) is 4.85. The largest absolute Gasteiger partial charge is 0.410 e. The van der Waals surface area contributed by atoms with Gasteiger partial charge in [0.2, 0.25) is 5.88 Å². The van der Waals surface area contributed by atoms with Crippen molar-refractivity contribution in [2.24, 2.45) is 0 Å².